The van der Waals surface area contributed by atoms with E-state index in [9.17, 15) is 5.11 Å². The second kappa shape index (κ2) is 5.99. The van der Waals surface area contributed by atoms with Crippen molar-refractivity contribution in [1.29, 1.82) is 5.26 Å². The lowest BCUT2D eigenvalue weighted by Crippen LogP contribution is -2.42. The van der Waals surface area contributed by atoms with Crippen LogP contribution in [0.5, 0.6) is 0 Å². The maximum atomic E-state index is 9.93. The highest BCUT2D eigenvalue weighted by molar-refractivity contribution is 5.37. The lowest BCUT2D eigenvalue weighted by atomic mass is 10.0. The van der Waals surface area contributed by atoms with Crippen LogP contribution in [-0.2, 0) is 6.54 Å². The van der Waals surface area contributed by atoms with E-state index >= 15 is 0 Å². The predicted molar refractivity (Wildman–Crippen MR) is 73.0 cm³/mol. The summed E-state index contributed by atoms with van der Waals surface area (Å²) in [4.78, 5) is 2.18. The third-order valence-corrected chi connectivity index (χ3v) is 2.83. The van der Waals surface area contributed by atoms with Crippen molar-refractivity contribution in [3.05, 3.63) is 35.4 Å². The molecule has 18 heavy (non-hydrogen) atoms. The Morgan fingerprint density at radius 1 is 1.33 bits per heavy atom. The summed E-state index contributed by atoms with van der Waals surface area (Å²) >= 11 is 0. The van der Waals surface area contributed by atoms with E-state index in [2.05, 4.69) is 24.8 Å². The second-order valence-corrected chi connectivity index (χ2v) is 5.58. The summed E-state index contributed by atoms with van der Waals surface area (Å²) in [7, 11) is 0. The van der Waals surface area contributed by atoms with E-state index in [1.165, 1.54) is 0 Å². The third kappa shape index (κ3) is 4.48. The minimum atomic E-state index is -0.730. The van der Waals surface area contributed by atoms with Gasteiger partial charge in [-0.05, 0) is 39.3 Å². The highest BCUT2D eigenvalue weighted by Gasteiger charge is 2.21. The highest BCUT2D eigenvalue weighted by atomic mass is 16.3. The number of hydrogen-bond donors (Lipinski definition) is 1. The number of rotatable bonds is 5. The van der Waals surface area contributed by atoms with Gasteiger partial charge in [-0.3, -0.25) is 4.90 Å². The molecular formula is C15H22N2O. The van der Waals surface area contributed by atoms with Crippen LogP contribution >= 0.6 is 0 Å². The van der Waals surface area contributed by atoms with Crippen molar-refractivity contribution in [3.8, 4) is 6.07 Å². The largest absolute Gasteiger partial charge is 0.389 e. The molecule has 1 rings (SSSR count). The third-order valence-electron chi connectivity index (χ3n) is 2.83. The van der Waals surface area contributed by atoms with E-state index in [4.69, 9.17) is 5.26 Å². The molecule has 3 heteroatoms. The second-order valence-electron chi connectivity index (χ2n) is 5.58. The molecule has 1 aromatic carbocycles. The Balaban J connectivity index is 2.88. The average molecular weight is 246 g/mol. The van der Waals surface area contributed by atoms with Gasteiger partial charge in [0.1, 0.15) is 0 Å². The summed E-state index contributed by atoms with van der Waals surface area (Å²) in [5.41, 5.74) is 0.989. The Bertz CT molecular complexity index is 427. The van der Waals surface area contributed by atoms with Gasteiger partial charge in [-0.15, -0.1) is 0 Å². The first-order valence-corrected chi connectivity index (χ1v) is 6.28. The van der Waals surface area contributed by atoms with E-state index in [1.54, 1.807) is 13.8 Å². The van der Waals surface area contributed by atoms with E-state index in [1.807, 2.05) is 24.3 Å². The molecule has 1 aromatic rings. The van der Waals surface area contributed by atoms with Crippen molar-refractivity contribution in [2.75, 3.05) is 6.54 Å². The molecule has 0 aliphatic heterocycles. The summed E-state index contributed by atoms with van der Waals surface area (Å²) in [6, 6.07) is 10.2. The van der Waals surface area contributed by atoms with E-state index < -0.39 is 5.60 Å². The van der Waals surface area contributed by atoms with Gasteiger partial charge in [-0.25, -0.2) is 0 Å². The lowest BCUT2D eigenvalue weighted by Gasteiger charge is -2.32. The lowest BCUT2D eigenvalue weighted by molar-refractivity contribution is 0.0225. The molecule has 0 aliphatic carbocycles. The fourth-order valence-corrected chi connectivity index (χ4v) is 1.90. The van der Waals surface area contributed by atoms with E-state index in [-0.39, 0.29) is 0 Å². The molecule has 0 radical (unpaired) electrons. The van der Waals surface area contributed by atoms with Gasteiger partial charge in [-0.2, -0.15) is 5.26 Å². The summed E-state index contributed by atoms with van der Waals surface area (Å²) in [5.74, 6) is 0. The first-order valence-electron chi connectivity index (χ1n) is 6.28. The normalized spacial score (nSPS) is 11.9. The zero-order valence-electron chi connectivity index (χ0n) is 11.6. The van der Waals surface area contributed by atoms with Crippen LogP contribution in [0, 0.1) is 11.3 Å². The molecule has 0 aromatic heterocycles. The summed E-state index contributed by atoms with van der Waals surface area (Å²) in [6.07, 6.45) is 0. The molecule has 3 nitrogen and oxygen atoms in total. The number of nitrogens with zero attached hydrogens (tertiary/aromatic N) is 2. The molecule has 1 N–H and O–H groups in total. The van der Waals surface area contributed by atoms with Crippen molar-refractivity contribution >= 4 is 0 Å². The molecule has 0 amide bonds. The molecule has 0 aliphatic rings. The number of hydrogen-bond acceptors (Lipinski definition) is 3. The number of benzene rings is 1. The minimum Gasteiger partial charge on any atom is -0.389 e. The van der Waals surface area contributed by atoms with Crippen LogP contribution in [0.1, 0.15) is 38.8 Å². The molecule has 0 spiro atoms. The number of aliphatic hydroxyl groups is 1. The average Bonchev–Trinajstić information content (AvgIpc) is 2.27. The van der Waals surface area contributed by atoms with E-state index in [0.717, 1.165) is 5.56 Å². The SMILES string of the molecule is CC(C)N(Cc1ccccc1C#N)CC(C)(C)O. The quantitative estimate of drug-likeness (QED) is 0.868. The first-order chi connectivity index (χ1) is 8.33. The van der Waals surface area contributed by atoms with Crippen LogP contribution in [-0.4, -0.2) is 28.2 Å². The molecule has 0 atom stereocenters. The van der Waals surface area contributed by atoms with E-state index in [0.29, 0.717) is 24.7 Å². The van der Waals surface area contributed by atoms with Crippen molar-refractivity contribution in [2.45, 2.75) is 45.9 Å². The Labute approximate surface area is 110 Å². The van der Waals surface area contributed by atoms with Crippen LogP contribution in [0.25, 0.3) is 0 Å². The molecule has 0 bridgehead atoms. The number of nitriles is 1. The Hall–Kier alpha value is -1.37. The zero-order chi connectivity index (χ0) is 13.8. The summed E-state index contributed by atoms with van der Waals surface area (Å²) < 4.78 is 0. The highest BCUT2D eigenvalue weighted by Crippen LogP contribution is 2.15. The van der Waals surface area contributed by atoms with Gasteiger partial charge in [0.05, 0.1) is 17.2 Å². The molecular weight excluding hydrogens is 224 g/mol. The molecule has 98 valence electrons. The molecule has 0 heterocycles. The molecule has 0 unspecified atom stereocenters. The Morgan fingerprint density at radius 3 is 2.44 bits per heavy atom. The van der Waals surface area contributed by atoms with Crippen LogP contribution in [0.4, 0.5) is 0 Å². The molecule has 0 fully saturated rings. The van der Waals surface area contributed by atoms with Gasteiger partial charge in [0.15, 0.2) is 0 Å². The smallest absolute Gasteiger partial charge is 0.0995 e. The fraction of sp³-hybridized carbons (Fsp3) is 0.533. The van der Waals surface area contributed by atoms with Gasteiger partial charge in [0.2, 0.25) is 0 Å². The van der Waals surface area contributed by atoms with Crippen molar-refractivity contribution in [3.63, 3.8) is 0 Å². The first kappa shape index (κ1) is 14.7. The standard InChI is InChI=1S/C15H22N2O/c1-12(2)17(11-15(3,4)18)10-14-8-6-5-7-13(14)9-16/h5-8,12,18H,10-11H2,1-4H3. The van der Waals surface area contributed by atoms with Crippen molar-refractivity contribution in [1.82, 2.24) is 4.90 Å². The van der Waals surface area contributed by atoms with Crippen molar-refractivity contribution < 1.29 is 5.11 Å². The minimum absolute atomic E-state index is 0.322. The fourth-order valence-electron chi connectivity index (χ4n) is 1.90. The van der Waals surface area contributed by atoms with Gasteiger partial charge < -0.3 is 5.11 Å². The van der Waals surface area contributed by atoms with Gasteiger partial charge in [-0.1, -0.05) is 18.2 Å². The molecule has 0 saturated heterocycles. The zero-order valence-corrected chi connectivity index (χ0v) is 11.6. The summed E-state index contributed by atoms with van der Waals surface area (Å²) in [5, 5.41) is 19.0. The van der Waals surface area contributed by atoms with Gasteiger partial charge in [0, 0.05) is 19.1 Å². The van der Waals surface area contributed by atoms with Gasteiger partial charge in [0.25, 0.3) is 0 Å². The summed E-state index contributed by atoms with van der Waals surface area (Å²) in [6.45, 7) is 9.08. The monoisotopic (exact) mass is 246 g/mol. The maximum absolute atomic E-state index is 9.93. The van der Waals surface area contributed by atoms with Crippen LogP contribution in [0.3, 0.4) is 0 Å². The Morgan fingerprint density at radius 2 is 1.94 bits per heavy atom. The maximum Gasteiger partial charge on any atom is 0.0995 e. The molecule has 0 saturated carbocycles. The Kier molecular flexibility index (Phi) is 4.89. The predicted octanol–water partition coefficient (Wildman–Crippen LogP) is 2.54. The van der Waals surface area contributed by atoms with Crippen LogP contribution < -0.4 is 0 Å². The topological polar surface area (TPSA) is 47.3 Å². The van der Waals surface area contributed by atoms with Crippen molar-refractivity contribution in [2.24, 2.45) is 0 Å². The van der Waals surface area contributed by atoms with Gasteiger partial charge >= 0.3 is 0 Å². The van der Waals surface area contributed by atoms with Crippen LogP contribution in [0.15, 0.2) is 24.3 Å². The van der Waals surface area contributed by atoms with Crippen LogP contribution in [0.2, 0.25) is 0 Å².